The Morgan fingerprint density at radius 1 is 0.930 bits per heavy atom. The van der Waals surface area contributed by atoms with Crippen LogP contribution in [0.3, 0.4) is 0 Å². The Hall–Kier alpha value is -4.42. The van der Waals surface area contributed by atoms with Gasteiger partial charge in [-0.3, -0.25) is 4.79 Å². The van der Waals surface area contributed by atoms with Crippen LogP contribution in [0.4, 0.5) is 13.2 Å². The van der Waals surface area contributed by atoms with Crippen molar-refractivity contribution >= 4 is 60.9 Å². The number of amides is 1. The Labute approximate surface area is 260 Å². The quantitative estimate of drug-likeness (QED) is 0.0767. The summed E-state index contributed by atoms with van der Waals surface area (Å²) in [6.07, 6.45) is -3.35. The second-order valence-electron chi connectivity index (χ2n) is 9.09. The molecule has 1 heterocycles. The van der Waals surface area contributed by atoms with Crippen molar-refractivity contribution in [1.82, 2.24) is 10.4 Å². The van der Waals surface area contributed by atoms with Crippen LogP contribution in [-0.4, -0.2) is 30.2 Å². The van der Waals surface area contributed by atoms with Crippen LogP contribution in [0.5, 0.6) is 11.5 Å². The van der Waals surface area contributed by atoms with E-state index < -0.39 is 23.6 Å². The molecule has 7 nitrogen and oxygen atoms in total. The maximum atomic E-state index is 13.4. The fourth-order valence-electron chi connectivity index (χ4n) is 4.38. The zero-order chi connectivity index (χ0) is 30.7. The van der Waals surface area contributed by atoms with E-state index in [1.807, 2.05) is 36.4 Å². The minimum atomic E-state index is -4.61. The van der Waals surface area contributed by atoms with Crippen LogP contribution in [-0.2, 0) is 6.18 Å². The van der Waals surface area contributed by atoms with E-state index >= 15 is 0 Å². The number of esters is 1. The number of aromatic nitrogens is 1. The fraction of sp³-hybridized carbons (Fsp3) is 0.0645. The average molecular weight is 715 g/mol. The lowest BCUT2D eigenvalue weighted by molar-refractivity contribution is -0.137. The summed E-state index contributed by atoms with van der Waals surface area (Å²) in [5.74, 6) is -0.984. The molecule has 0 fully saturated rings. The van der Waals surface area contributed by atoms with Gasteiger partial charge < -0.3 is 14.5 Å². The van der Waals surface area contributed by atoms with E-state index in [4.69, 9.17) is 9.47 Å². The third kappa shape index (κ3) is 6.50. The van der Waals surface area contributed by atoms with E-state index in [0.29, 0.717) is 27.4 Å². The van der Waals surface area contributed by atoms with E-state index in [0.717, 1.165) is 27.6 Å². The lowest BCUT2D eigenvalue weighted by atomic mass is 10.0. The van der Waals surface area contributed by atoms with E-state index in [-0.39, 0.29) is 22.6 Å². The predicted molar refractivity (Wildman–Crippen MR) is 164 cm³/mol. The van der Waals surface area contributed by atoms with Gasteiger partial charge in [-0.2, -0.15) is 18.3 Å². The Kier molecular flexibility index (Phi) is 8.69. The van der Waals surface area contributed by atoms with Gasteiger partial charge in [-0.25, -0.2) is 10.2 Å². The number of nitrogens with one attached hydrogen (secondary N) is 2. The number of hydrazone groups is 1. The highest BCUT2D eigenvalue weighted by Gasteiger charge is 2.31. The first-order valence-electron chi connectivity index (χ1n) is 12.5. The van der Waals surface area contributed by atoms with E-state index in [2.05, 4.69) is 47.4 Å². The number of benzene rings is 4. The van der Waals surface area contributed by atoms with Gasteiger partial charge in [0.05, 0.1) is 30.0 Å². The van der Waals surface area contributed by atoms with Gasteiger partial charge in [-0.1, -0.05) is 68.3 Å². The first kappa shape index (κ1) is 30.1. The van der Waals surface area contributed by atoms with Gasteiger partial charge in [-0.15, -0.1) is 0 Å². The second-order valence-corrected chi connectivity index (χ2v) is 10.9. The van der Waals surface area contributed by atoms with Crippen molar-refractivity contribution in [3.63, 3.8) is 0 Å². The van der Waals surface area contributed by atoms with Crippen molar-refractivity contribution in [2.45, 2.75) is 6.18 Å². The number of halogens is 5. The van der Waals surface area contributed by atoms with Crippen molar-refractivity contribution in [1.29, 1.82) is 0 Å². The number of H-pyrrole nitrogens is 1. The Morgan fingerprint density at radius 3 is 2.40 bits per heavy atom. The number of carbonyl (C=O) groups excluding carboxylic acids is 2. The number of carbonyl (C=O) groups is 2. The molecule has 5 aromatic rings. The summed E-state index contributed by atoms with van der Waals surface area (Å²) in [5.41, 5.74) is 3.78. The molecule has 43 heavy (non-hydrogen) atoms. The minimum Gasteiger partial charge on any atom is -0.495 e. The first-order chi connectivity index (χ1) is 20.6. The number of hydrogen-bond donors (Lipinski definition) is 2. The van der Waals surface area contributed by atoms with Crippen LogP contribution in [0.15, 0.2) is 99.0 Å². The number of nitrogens with zero attached hydrogens (tertiary/aromatic N) is 1. The lowest BCUT2D eigenvalue weighted by Crippen LogP contribution is -2.19. The summed E-state index contributed by atoms with van der Waals surface area (Å²) in [5, 5.41) is 4.81. The summed E-state index contributed by atoms with van der Waals surface area (Å²) in [4.78, 5) is 29.3. The zero-order valence-corrected chi connectivity index (χ0v) is 25.3. The predicted octanol–water partition coefficient (Wildman–Crippen LogP) is 8.37. The Bertz CT molecular complexity index is 1870. The standard InChI is InChI=1S/C31H20Br2F3N3O4/c1-42-24-13-11-22(33)26-25(17-6-3-2-4-7-17)28(38-27(24)26)29(40)39-37-16-19-15-21(32)10-12-23(19)43-30(41)18-8-5-9-20(14-18)31(34,35)36/h2-16,38H,1H3,(H,39,40). The van der Waals surface area contributed by atoms with Crippen molar-refractivity contribution in [2.24, 2.45) is 5.10 Å². The van der Waals surface area contributed by atoms with Gasteiger partial charge >= 0.3 is 12.1 Å². The third-order valence-corrected chi connectivity index (χ3v) is 7.50. The van der Waals surface area contributed by atoms with Crippen LogP contribution >= 0.6 is 31.9 Å². The van der Waals surface area contributed by atoms with Crippen LogP contribution in [0.2, 0.25) is 0 Å². The summed E-state index contributed by atoms with van der Waals surface area (Å²) in [7, 11) is 1.53. The van der Waals surface area contributed by atoms with Gasteiger partial charge in [0.2, 0.25) is 0 Å². The summed E-state index contributed by atoms with van der Waals surface area (Å²) in [6.45, 7) is 0. The van der Waals surface area contributed by atoms with E-state index in [1.54, 1.807) is 18.2 Å². The van der Waals surface area contributed by atoms with Crippen molar-refractivity contribution < 1.29 is 32.2 Å². The van der Waals surface area contributed by atoms with Gasteiger partial charge in [0.25, 0.3) is 5.91 Å². The molecule has 5 rings (SSSR count). The number of fused-ring (bicyclic) bond motifs is 1. The average Bonchev–Trinajstić information content (AvgIpc) is 3.40. The van der Waals surface area contributed by atoms with Gasteiger partial charge in [-0.05, 0) is 54.1 Å². The molecule has 0 bridgehead atoms. The molecular weight excluding hydrogens is 695 g/mol. The number of alkyl halides is 3. The Balaban J connectivity index is 1.43. The molecule has 0 unspecified atom stereocenters. The maximum absolute atomic E-state index is 13.4. The van der Waals surface area contributed by atoms with E-state index in [1.165, 1.54) is 25.5 Å². The molecule has 0 radical (unpaired) electrons. The smallest absolute Gasteiger partial charge is 0.416 e. The van der Waals surface area contributed by atoms with Crippen molar-refractivity contribution in [3.05, 3.63) is 116 Å². The molecule has 0 aliphatic heterocycles. The molecule has 0 spiro atoms. The zero-order valence-electron chi connectivity index (χ0n) is 22.1. The number of hydrogen-bond acceptors (Lipinski definition) is 5. The van der Waals surface area contributed by atoms with Gasteiger partial charge in [0, 0.05) is 25.5 Å². The summed E-state index contributed by atoms with van der Waals surface area (Å²) in [6, 6.07) is 21.5. The highest BCUT2D eigenvalue weighted by Crippen LogP contribution is 2.41. The molecule has 0 saturated carbocycles. The van der Waals surface area contributed by atoms with E-state index in [9.17, 15) is 22.8 Å². The van der Waals surface area contributed by atoms with Gasteiger partial charge in [0.1, 0.15) is 17.2 Å². The fourth-order valence-corrected chi connectivity index (χ4v) is 5.29. The number of ether oxygens (including phenoxy) is 2. The van der Waals surface area contributed by atoms with Crippen molar-refractivity contribution in [3.8, 4) is 22.6 Å². The topological polar surface area (TPSA) is 92.8 Å². The summed E-state index contributed by atoms with van der Waals surface area (Å²) < 4.78 is 51.6. The first-order valence-corrected chi connectivity index (χ1v) is 14.1. The molecule has 0 aliphatic rings. The second kappa shape index (κ2) is 12.4. The van der Waals surface area contributed by atoms with Gasteiger partial charge in [0.15, 0.2) is 0 Å². The van der Waals surface area contributed by atoms with Crippen LogP contribution in [0.25, 0.3) is 22.0 Å². The molecule has 0 atom stereocenters. The monoisotopic (exact) mass is 713 g/mol. The SMILES string of the molecule is COc1ccc(Br)c2c(-c3ccccc3)c(C(=O)NN=Cc3cc(Br)ccc3OC(=O)c3cccc(C(F)(F)F)c3)[nH]c12. The van der Waals surface area contributed by atoms with Crippen LogP contribution in [0, 0.1) is 0 Å². The third-order valence-electron chi connectivity index (χ3n) is 6.35. The summed E-state index contributed by atoms with van der Waals surface area (Å²) >= 11 is 6.92. The lowest BCUT2D eigenvalue weighted by Gasteiger charge is -2.10. The molecule has 2 N–H and O–H groups in total. The number of rotatable bonds is 7. The largest absolute Gasteiger partial charge is 0.495 e. The molecule has 0 aliphatic carbocycles. The normalized spacial score (nSPS) is 11.6. The molecule has 1 aromatic heterocycles. The van der Waals surface area contributed by atoms with Crippen LogP contribution < -0.4 is 14.9 Å². The Morgan fingerprint density at radius 2 is 1.67 bits per heavy atom. The number of aromatic amines is 1. The minimum absolute atomic E-state index is 0.0212. The molecule has 0 saturated heterocycles. The molecule has 12 heteroatoms. The van der Waals surface area contributed by atoms with Crippen LogP contribution in [0.1, 0.15) is 32.0 Å². The highest BCUT2D eigenvalue weighted by atomic mass is 79.9. The maximum Gasteiger partial charge on any atom is 0.416 e. The molecule has 218 valence electrons. The number of methoxy groups -OCH3 is 1. The highest BCUT2D eigenvalue weighted by molar-refractivity contribution is 9.11. The molecule has 4 aromatic carbocycles. The molecular formula is C31H20Br2F3N3O4. The molecule has 1 amide bonds. The van der Waals surface area contributed by atoms with Crippen molar-refractivity contribution in [2.75, 3.05) is 7.11 Å².